The number of methoxy groups -OCH3 is 1. The van der Waals surface area contributed by atoms with Gasteiger partial charge in [-0.25, -0.2) is 0 Å². The van der Waals surface area contributed by atoms with Gasteiger partial charge in [0.1, 0.15) is 0 Å². The molecule has 146 valence electrons. The zero-order chi connectivity index (χ0) is 19.8. The summed E-state index contributed by atoms with van der Waals surface area (Å²) in [5, 5.41) is 3.01. The van der Waals surface area contributed by atoms with Crippen molar-refractivity contribution in [2.45, 2.75) is 39.9 Å². The molecule has 0 heterocycles. The summed E-state index contributed by atoms with van der Waals surface area (Å²) in [5.74, 6) is 1.06. The Morgan fingerprint density at radius 3 is 2.44 bits per heavy atom. The summed E-state index contributed by atoms with van der Waals surface area (Å²) in [6, 6.07) is 13.9. The van der Waals surface area contributed by atoms with Crippen LogP contribution in [0.5, 0.6) is 11.5 Å². The second-order valence-electron chi connectivity index (χ2n) is 6.76. The number of nitrogens with one attached hydrogen (secondary N) is 1. The number of benzene rings is 2. The quantitative estimate of drug-likeness (QED) is 0.728. The van der Waals surface area contributed by atoms with Crippen LogP contribution in [0.25, 0.3) is 0 Å². The number of carbonyl (C=O) groups excluding carboxylic acids is 1. The van der Waals surface area contributed by atoms with Crippen LogP contribution in [0.15, 0.2) is 42.5 Å². The summed E-state index contributed by atoms with van der Waals surface area (Å²) in [6.07, 6.45) is 0. The van der Waals surface area contributed by atoms with Gasteiger partial charge in [-0.3, -0.25) is 9.69 Å². The summed E-state index contributed by atoms with van der Waals surface area (Å²) in [4.78, 5) is 14.9. The molecule has 27 heavy (non-hydrogen) atoms. The molecule has 0 aliphatic carbocycles. The first-order valence-corrected chi connectivity index (χ1v) is 9.32. The van der Waals surface area contributed by atoms with Gasteiger partial charge in [-0.05, 0) is 57.1 Å². The molecule has 0 spiro atoms. The maximum atomic E-state index is 12.6. The second kappa shape index (κ2) is 9.97. The molecule has 0 fully saturated rings. The number of carbonyl (C=O) groups is 1. The van der Waals surface area contributed by atoms with Crippen LogP contribution in [0.4, 0.5) is 0 Å². The Hall–Kier alpha value is -2.53. The van der Waals surface area contributed by atoms with Crippen LogP contribution in [0.2, 0.25) is 0 Å². The van der Waals surface area contributed by atoms with E-state index in [-0.39, 0.29) is 5.91 Å². The zero-order valence-electron chi connectivity index (χ0n) is 16.9. The number of ether oxygens (including phenoxy) is 2. The topological polar surface area (TPSA) is 50.8 Å². The van der Waals surface area contributed by atoms with Crippen LogP contribution >= 0.6 is 0 Å². The molecule has 1 N–H and O–H groups in total. The lowest BCUT2D eigenvalue weighted by Gasteiger charge is -2.22. The van der Waals surface area contributed by atoms with E-state index in [1.54, 1.807) is 25.3 Å². The number of rotatable bonds is 9. The van der Waals surface area contributed by atoms with E-state index in [9.17, 15) is 4.79 Å². The van der Waals surface area contributed by atoms with Gasteiger partial charge in [-0.15, -0.1) is 0 Å². The van der Waals surface area contributed by atoms with Crippen molar-refractivity contribution in [1.82, 2.24) is 10.2 Å². The third-order valence-corrected chi connectivity index (χ3v) is 4.58. The fraction of sp³-hybridized carbons (Fsp3) is 0.409. The Balaban J connectivity index is 2.09. The Bertz CT molecular complexity index is 759. The number of hydrogen-bond donors (Lipinski definition) is 1. The minimum absolute atomic E-state index is 0.134. The van der Waals surface area contributed by atoms with Gasteiger partial charge in [0.2, 0.25) is 0 Å². The summed E-state index contributed by atoms with van der Waals surface area (Å²) in [5.41, 5.74) is 2.90. The molecule has 5 nitrogen and oxygen atoms in total. The highest BCUT2D eigenvalue weighted by atomic mass is 16.5. The highest BCUT2D eigenvalue weighted by Crippen LogP contribution is 2.28. The van der Waals surface area contributed by atoms with Gasteiger partial charge in [0.25, 0.3) is 5.91 Å². The molecule has 0 radical (unpaired) electrons. The van der Waals surface area contributed by atoms with Crippen molar-refractivity contribution in [3.63, 3.8) is 0 Å². The van der Waals surface area contributed by atoms with Crippen LogP contribution in [-0.4, -0.2) is 37.6 Å². The molecule has 0 saturated heterocycles. The Labute approximate surface area is 162 Å². The van der Waals surface area contributed by atoms with Crippen molar-refractivity contribution in [3.8, 4) is 11.5 Å². The van der Waals surface area contributed by atoms with Crippen LogP contribution in [0.1, 0.15) is 42.3 Å². The van der Waals surface area contributed by atoms with Crippen molar-refractivity contribution in [3.05, 3.63) is 59.2 Å². The summed E-state index contributed by atoms with van der Waals surface area (Å²) in [6.45, 7) is 8.08. The molecule has 0 aromatic heterocycles. The molecular formula is C22H30N2O3. The lowest BCUT2D eigenvalue weighted by atomic mass is 10.1. The molecule has 2 aromatic carbocycles. The van der Waals surface area contributed by atoms with Gasteiger partial charge in [0.05, 0.1) is 13.7 Å². The lowest BCUT2D eigenvalue weighted by molar-refractivity contribution is 0.0950. The van der Waals surface area contributed by atoms with E-state index in [1.165, 1.54) is 5.56 Å². The molecule has 2 rings (SSSR count). The third kappa shape index (κ3) is 5.73. The molecular weight excluding hydrogens is 340 g/mol. The van der Waals surface area contributed by atoms with Crippen molar-refractivity contribution >= 4 is 5.91 Å². The third-order valence-electron chi connectivity index (χ3n) is 4.58. The maximum Gasteiger partial charge on any atom is 0.251 e. The standard InChI is InChI=1S/C22H30N2O3/c1-6-27-21-13-17(11-12-20(21)26-5)22(25)23-14-18-9-7-8-10-19(18)15-24(4)16(2)3/h7-13,16H,6,14-15H2,1-5H3,(H,23,25). The summed E-state index contributed by atoms with van der Waals surface area (Å²) < 4.78 is 10.8. The zero-order valence-corrected chi connectivity index (χ0v) is 16.9. The van der Waals surface area contributed by atoms with E-state index >= 15 is 0 Å². The summed E-state index contributed by atoms with van der Waals surface area (Å²) >= 11 is 0. The highest BCUT2D eigenvalue weighted by molar-refractivity contribution is 5.94. The van der Waals surface area contributed by atoms with Gasteiger partial charge in [-0.1, -0.05) is 24.3 Å². The SMILES string of the molecule is CCOc1cc(C(=O)NCc2ccccc2CN(C)C(C)C)ccc1OC. The Morgan fingerprint density at radius 1 is 1.11 bits per heavy atom. The van der Waals surface area contributed by atoms with Crippen LogP contribution in [0, 0.1) is 0 Å². The highest BCUT2D eigenvalue weighted by Gasteiger charge is 2.13. The Kier molecular flexibility index (Phi) is 7.67. The van der Waals surface area contributed by atoms with Gasteiger partial charge < -0.3 is 14.8 Å². The predicted octanol–water partition coefficient (Wildman–Crippen LogP) is 3.86. The molecule has 0 bridgehead atoms. The lowest BCUT2D eigenvalue weighted by Crippen LogP contribution is -2.27. The second-order valence-corrected chi connectivity index (χ2v) is 6.76. The molecule has 1 amide bonds. The van der Waals surface area contributed by atoms with Crippen molar-refractivity contribution in [1.29, 1.82) is 0 Å². The molecule has 0 aliphatic heterocycles. The van der Waals surface area contributed by atoms with E-state index < -0.39 is 0 Å². The van der Waals surface area contributed by atoms with Crippen molar-refractivity contribution in [2.24, 2.45) is 0 Å². The fourth-order valence-electron chi connectivity index (χ4n) is 2.70. The van der Waals surface area contributed by atoms with Crippen molar-refractivity contribution < 1.29 is 14.3 Å². The number of nitrogens with zero attached hydrogens (tertiary/aromatic N) is 1. The van der Waals surface area contributed by atoms with E-state index in [1.807, 2.05) is 19.1 Å². The van der Waals surface area contributed by atoms with Crippen LogP contribution in [0.3, 0.4) is 0 Å². The van der Waals surface area contributed by atoms with E-state index in [4.69, 9.17) is 9.47 Å². The minimum atomic E-state index is -0.134. The first-order valence-electron chi connectivity index (χ1n) is 9.32. The van der Waals surface area contributed by atoms with Gasteiger partial charge >= 0.3 is 0 Å². The van der Waals surface area contributed by atoms with E-state index in [2.05, 4.69) is 43.2 Å². The normalized spacial score (nSPS) is 10.9. The molecule has 0 saturated carbocycles. The number of hydrogen-bond acceptors (Lipinski definition) is 4. The largest absolute Gasteiger partial charge is 0.493 e. The number of amides is 1. The van der Waals surface area contributed by atoms with E-state index in [0.717, 1.165) is 12.1 Å². The van der Waals surface area contributed by atoms with Gasteiger partial charge in [-0.2, -0.15) is 0 Å². The van der Waals surface area contributed by atoms with Crippen molar-refractivity contribution in [2.75, 3.05) is 20.8 Å². The van der Waals surface area contributed by atoms with E-state index in [0.29, 0.717) is 36.3 Å². The fourth-order valence-corrected chi connectivity index (χ4v) is 2.70. The van der Waals surface area contributed by atoms with Crippen LogP contribution < -0.4 is 14.8 Å². The molecule has 5 heteroatoms. The van der Waals surface area contributed by atoms with Gasteiger partial charge in [0, 0.05) is 24.7 Å². The monoisotopic (exact) mass is 370 g/mol. The first-order chi connectivity index (χ1) is 13.0. The van der Waals surface area contributed by atoms with Crippen LogP contribution in [-0.2, 0) is 13.1 Å². The molecule has 0 unspecified atom stereocenters. The molecule has 0 atom stereocenters. The average molecular weight is 370 g/mol. The maximum absolute atomic E-state index is 12.6. The smallest absolute Gasteiger partial charge is 0.251 e. The predicted molar refractivity (Wildman–Crippen MR) is 108 cm³/mol. The first kappa shape index (κ1) is 20.8. The van der Waals surface area contributed by atoms with Gasteiger partial charge in [0.15, 0.2) is 11.5 Å². The summed E-state index contributed by atoms with van der Waals surface area (Å²) in [7, 11) is 3.69. The average Bonchev–Trinajstić information content (AvgIpc) is 2.67. The molecule has 2 aromatic rings. The molecule has 0 aliphatic rings. The Morgan fingerprint density at radius 2 is 1.81 bits per heavy atom. The minimum Gasteiger partial charge on any atom is -0.493 e.